The van der Waals surface area contributed by atoms with Gasteiger partial charge >= 0.3 is 0 Å². The molecule has 3 heteroatoms. The lowest BCUT2D eigenvalue weighted by Gasteiger charge is -1.96. The molecule has 1 aliphatic carbocycles. The Hall–Kier alpha value is -0.0900. The third kappa shape index (κ3) is 4.09. The van der Waals surface area contributed by atoms with Crippen molar-refractivity contribution in [3.63, 3.8) is 0 Å². The first-order valence-electron chi connectivity index (χ1n) is 4.72. The summed E-state index contributed by atoms with van der Waals surface area (Å²) in [6.07, 6.45) is 3.16. The topological polar surface area (TPSA) is 29.5 Å². The van der Waals surface area contributed by atoms with E-state index in [9.17, 15) is 0 Å². The maximum atomic E-state index is 8.69. The van der Waals surface area contributed by atoms with Crippen molar-refractivity contribution in [1.82, 2.24) is 0 Å². The molecule has 0 spiro atoms. The quantitative estimate of drug-likeness (QED) is 0.551. The van der Waals surface area contributed by atoms with Crippen molar-refractivity contribution in [1.29, 1.82) is 0 Å². The van der Waals surface area contributed by atoms with Crippen LogP contribution in [0.5, 0.6) is 0 Å². The summed E-state index contributed by atoms with van der Waals surface area (Å²) in [5, 5.41) is 8.69. The molecule has 1 saturated carbocycles. The normalized spacial score (nSPS) is 27.6. The average molecular weight is 200 g/mol. The van der Waals surface area contributed by atoms with Crippen LogP contribution in [-0.2, 0) is 4.52 Å². The minimum atomic E-state index is 0.0139. The average Bonchev–Trinajstić information content (AvgIpc) is 2.84. The van der Waals surface area contributed by atoms with E-state index in [2.05, 4.69) is 21.3 Å². The fourth-order valence-electron chi connectivity index (χ4n) is 1.45. The molecule has 0 aromatic heterocycles. The number of rotatable bonds is 4. The molecule has 1 fully saturated rings. The summed E-state index contributed by atoms with van der Waals surface area (Å²) < 4.78 is 4.93. The van der Waals surface area contributed by atoms with E-state index < -0.39 is 0 Å². The molecular weight excluding hydrogens is 183 g/mol. The predicted molar refractivity (Wildman–Crippen MR) is 55.9 cm³/mol. The molecule has 4 atom stereocenters. The van der Waals surface area contributed by atoms with E-state index in [-0.39, 0.29) is 6.10 Å². The molecule has 2 nitrogen and oxygen atoms in total. The molecule has 13 heavy (non-hydrogen) atoms. The van der Waals surface area contributed by atoms with Gasteiger partial charge in [0.2, 0.25) is 0 Å². The third-order valence-electron chi connectivity index (χ3n) is 2.44. The molecule has 1 rings (SSSR count). The molecule has 0 aromatic rings. The molecule has 0 radical (unpaired) electrons. The van der Waals surface area contributed by atoms with Crippen LogP contribution in [0, 0.1) is 23.7 Å². The number of aliphatic hydroxyl groups excluding tert-OH is 1. The van der Waals surface area contributed by atoms with Crippen molar-refractivity contribution in [3.8, 4) is 11.8 Å². The summed E-state index contributed by atoms with van der Waals surface area (Å²) in [7, 11) is 2.22. The summed E-state index contributed by atoms with van der Waals surface area (Å²) in [5.41, 5.74) is 0. The molecule has 0 bridgehead atoms. The second kappa shape index (κ2) is 5.60. The third-order valence-corrected chi connectivity index (χ3v) is 2.85. The highest BCUT2D eigenvalue weighted by atomic mass is 31.0. The lowest BCUT2D eigenvalue weighted by atomic mass is 10.2. The highest BCUT2D eigenvalue weighted by molar-refractivity contribution is 7.09. The first kappa shape index (κ1) is 11.0. The number of aliphatic hydroxyl groups is 1. The summed E-state index contributed by atoms with van der Waals surface area (Å²) in [6, 6.07) is 0. The molecular formula is C10H17O2P. The Bertz CT molecular complexity index is 207. The van der Waals surface area contributed by atoms with Gasteiger partial charge < -0.3 is 9.63 Å². The Balaban J connectivity index is 2.10. The largest absolute Gasteiger partial charge is 0.396 e. The summed E-state index contributed by atoms with van der Waals surface area (Å²) in [5.74, 6) is 7.59. The van der Waals surface area contributed by atoms with Crippen LogP contribution >= 0.6 is 9.47 Å². The van der Waals surface area contributed by atoms with Gasteiger partial charge in [-0.15, -0.1) is 5.92 Å². The van der Waals surface area contributed by atoms with Crippen LogP contribution in [0.2, 0.25) is 0 Å². The van der Waals surface area contributed by atoms with Gasteiger partial charge in [-0.05, 0) is 31.6 Å². The molecule has 0 saturated heterocycles. The van der Waals surface area contributed by atoms with E-state index in [1.165, 1.54) is 6.42 Å². The van der Waals surface area contributed by atoms with Gasteiger partial charge in [0, 0.05) is 22.5 Å². The maximum absolute atomic E-state index is 8.69. The van der Waals surface area contributed by atoms with Crippen LogP contribution in [0.25, 0.3) is 0 Å². The minimum absolute atomic E-state index is 0.0139. The molecule has 4 unspecified atom stereocenters. The van der Waals surface area contributed by atoms with Gasteiger partial charge in [-0.3, -0.25) is 0 Å². The second-order valence-corrected chi connectivity index (χ2v) is 3.84. The summed E-state index contributed by atoms with van der Waals surface area (Å²) in [6.45, 7) is 2.25. The monoisotopic (exact) mass is 200 g/mol. The van der Waals surface area contributed by atoms with Crippen LogP contribution in [0.3, 0.4) is 0 Å². The van der Waals surface area contributed by atoms with Gasteiger partial charge in [-0.2, -0.15) is 0 Å². The van der Waals surface area contributed by atoms with Crippen LogP contribution < -0.4 is 0 Å². The Morgan fingerprint density at radius 1 is 1.62 bits per heavy atom. The van der Waals surface area contributed by atoms with Crippen LogP contribution in [0.4, 0.5) is 0 Å². The van der Waals surface area contributed by atoms with Crippen molar-refractivity contribution in [2.24, 2.45) is 11.8 Å². The Labute approximate surface area is 82.3 Å². The highest BCUT2D eigenvalue weighted by Gasteiger charge is 2.35. The fraction of sp³-hybridized carbons (Fsp3) is 0.800. The lowest BCUT2D eigenvalue weighted by Crippen LogP contribution is -1.95. The smallest absolute Gasteiger partial charge is 0.118 e. The van der Waals surface area contributed by atoms with E-state index in [1.807, 2.05) is 6.92 Å². The van der Waals surface area contributed by atoms with Gasteiger partial charge in [-0.25, -0.2) is 0 Å². The molecule has 0 amide bonds. The van der Waals surface area contributed by atoms with Crippen molar-refractivity contribution in [2.75, 3.05) is 6.61 Å². The van der Waals surface area contributed by atoms with Gasteiger partial charge in [0.15, 0.2) is 0 Å². The molecule has 0 aliphatic heterocycles. The van der Waals surface area contributed by atoms with E-state index in [4.69, 9.17) is 9.63 Å². The van der Waals surface area contributed by atoms with E-state index in [0.717, 1.165) is 24.7 Å². The Morgan fingerprint density at radius 3 is 3.00 bits per heavy atom. The van der Waals surface area contributed by atoms with Gasteiger partial charge in [-0.1, -0.05) is 5.92 Å². The summed E-state index contributed by atoms with van der Waals surface area (Å²) >= 11 is 0. The van der Waals surface area contributed by atoms with Crippen molar-refractivity contribution in [3.05, 3.63) is 0 Å². The van der Waals surface area contributed by atoms with Gasteiger partial charge in [0.1, 0.15) is 6.10 Å². The van der Waals surface area contributed by atoms with E-state index in [1.54, 1.807) is 0 Å². The zero-order chi connectivity index (χ0) is 9.68. The number of hydrogen-bond acceptors (Lipinski definition) is 2. The van der Waals surface area contributed by atoms with Crippen LogP contribution in [0.15, 0.2) is 0 Å². The predicted octanol–water partition coefficient (Wildman–Crippen LogP) is 1.59. The Morgan fingerprint density at radius 2 is 2.38 bits per heavy atom. The Kier molecular flexibility index (Phi) is 4.73. The van der Waals surface area contributed by atoms with Crippen molar-refractivity contribution >= 4 is 9.47 Å². The SMILES string of the molecule is CC(C#CCC1CC1CCO)OP. The molecule has 0 heterocycles. The first-order valence-corrected chi connectivity index (χ1v) is 5.19. The zero-order valence-corrected chi connectivity index (χ0v) is 9.15. The number of hydrogen-bond donors (Lipinski definition) is 1. The standard InChI is InChI=1S/C10H17O2P/c1-8(12-13)3-2-4-9-7-10(9)5-6-11/h8-11H,4-7,13H2,1H3. The first-order chi connectivity index (χ1) is 6.27. The fourth-order valence-corrected chi connectivity index (χ4v) is 1.52. The molecule has 1 aliphatic rings. The second-order valence-electron chi connectivity index (χ2n) is 3.57. The van der Waals surface area contributed by atoms with E-state index >= 15 is 0 Å². The van der Waals surface area contributed by atoms with Crippen molar-refractivity contribution < 1.29 is 9.63 Å². The zero-order valence-electron chi connectivity index (χ0n) is 7.99. The maximum Gasteiger partial charge on any atom is 0.118 e. The molecule has 1 N–H and O–H groups in total. The van der Waals surface area contributed by atoms with Crippen LogP contribution in [-0.4, -0.2) is 17.8 Å². The van der Waals surface area contributed by atoms with Crippen molar-refractivity contribution in [2.45, 2.75) is 32.3 Å². The molecule has 0 aromatic carbocycles. The minimum Gasteiger partial charge on any atom is -0.396 e. The van der Waals surface area contributed by atoms with Gasteiger partial charge in [0.25, 0.3) is 0 Å². The molecule has 74 valence electrons. The van der Waals surface area contributed by atoms with Gasteiger partial charge in [0.05, 0.1) is 0 Å². The summed E-state index contributed by atoms with van der Waals surface area (Å²) in [4.78, 5) is 0. The van der Waals surface area contributed by atoms with E-state index in [0.29, 0.717) is 6.61 Å². The van der Waals surface area contributed by atoms with Crippen LogP contribution in [0.1, 0.15) is 26.2 Å². The lowest BCUT2D eigenvalue weighted by molar-refractivity contribution is 0.277. The highest BCUT2D eigenvalue weighted by Crippen LogP contribution is 2.43.